The zero-order chi connectivity index (χ0) is 21.8. The molecule has 162 valence electrons. The van der Waals surface area contributed by atoms with Crippen LogP contribution in [-0.4, -0.2) is 42.2 Å². The molecule has 0 radical (unpaired) electrons. The van der Waals surface area contributed by atoms with E-state index in [-0.39, 0.29) is 11.8 Å². The van der Waals surface area contributed by atoms with Gasteiger partial charge in [0.2, 0.25) is 11.8 Å². The lowest BCUT2D eigenvalue weighted by Crippen LogP contribution is -2.48. The van der Waals surface area contributed by atoms with E-state index >= 15 is 0 Å². The molecule has 0 spiro atoms. The van der Waals surface area contributed by atoms with Gasteiger partial charge in [0, 0.05) is 18.8 Å². The average Bonchev–Trinajstić information content (AvgIpc) is 2.78. The van der Waals surface area contributed by atoms with Gasteiger partial charge in [-0.1, -0.05) is 55.8 Å². The lowest BCUT2D eigenvalue weighted by molar-refractivity contribution is -0.138. The van der Waals surface area contributed by atoms with Gasteiger partial charge in [-0.25, -0.2) is 0 Å². The van der Waals surface area contributed by atoms with E-state index in [0.29, 0.717) is 18.8 Å². The van der Waals surface area contributed by atoms with Gasteiger partial charge in [0.05, 0.1) is 12.9 Å². The first kappa shape index (κ1) is 23.8. The lowest BCUT2D eigenvalue weighted by atomic mass is 10.1. The van der Waals surface area contributed by atoms with Crippen LogP contribution in [0.25, 0.3) is 0 Å². The Morgan fingerprint density at radius 3 is 2.40 bits per heavy atom. The van der Waals surface area contributed by atoms with E-state index in [1.807, 2.05) is 54.6 Å². The van der Waals surface area contributed by atoms with Gasteiger partial charge >= 0.3 is 0 Å². The topological polar surface area (TPSA) is 58.6 Å². The van der Waals surface area contributed by atoms with Crippen LogP contribution in [0.5, 0.6) is 5.75 Å². The number of thioether (sulfide) groups is 1. The molecule has 1 unspecified atom stereocenters. The minimum absolute atomic E-state index is 0.0319. The van der Waals surface area contributed by atoms with Crippen LogP contribution in [0, 0.1) is 0 Å². The van der Waals surface area contributed by atoms with E-state index in [1.54, 1.807) is 30.7 Å². The number of methoxy groups -OCH3 is 1. The molecule has 1 atom stereocenters. The standard InChI is InChI=1S/C24H32N2O3S/c1-4-5-15-25-24(28)19(2)26(16-20-9-7-6-8-10-20)23(27)18-30-17-21-11-13-22(29-3)14-12-21/h6-14,19H,4-5,15-18H2,1-3H3,(H,25,28). The molecule has 0 aliphatic heterocycles. The van der Waals surface area contributed by atoms with Gasteiger partial charge < -0.3 is 15.0 Å². The maximum Gasteiger partial charge on any atom is 0.242 e. The molecule has 2 rings (SSSR count). The van der Waals surface area contributed by atoms with Crippen LogP contribution in [0.4, 0.5) is 0 Å². The number of nitrogens with zero attached hydrogens (tertiary/aromatic N) is 1. The van der Waals surface area contributed by atoms with Crippen molar-refractivity contribution >= 4 is 23.6 Å². The molecule has 0 saturated carbocycles. The minimum Gasteiger partial charge on any atom is -0.497 e. The van der Waals surface area contributed by atoms with Gasteiger partial charge in [0.25, 0.3) is 0 Å². The number of nitrogens with one attached hydrogen (secondary N) is 1. The Morgan fingerprint density at radius 2 is 1.77 bits per heavy atom. The fraction of sp³-hybridized carbons (Fsp3) is 0.417. The van der Waals surface area contributed by atoms with Crippen molar-refractivity contribution in [2.45, 2.75) is 45.0 Å². The molecule has 0 saturated heterocycles. The fourth-order valence-electron chi connectivity index (χ4n) is 2.96. The summed E-state index contributed by atoms with van der Waals surface area (Å²) in [6.07, 6.45) is 1.95. The third kappa shape index (κ3) is 7.75. The molecular weight excluding hydrogens is 396 g/mol. The van der Waals surface area contributed by atoms with Crippen molar-refractivity contribution in [3.8, 4) is 5.75 Å². The van der Waals surface area contributed by atoms with Crippen molar-refractivity contribution in [2.75, 3.05) is 19.4 Å². The summed E-state index contributed by atoms with van der Waals surface area (Å²) < 4.78 is 5.18. The van der Waals surface area contributed by atoms with Crippen LogP contribution < -0.4 is 10.1 Å². The maximum atomic E-state index is 13.0. The molecule has 5 nitrogen and oxygen atoms in total. The first-order chi connectivity index (χ1) is 14.5. The zero-order valence-electron chi connectivity index (χ0n) is 18.1. The van der Waals surface area contributed by atoms with E-state index < -0.39 is 6.04 Å². The van der Waals surface area contributed by atoms with Crippen molar-refractivity contribution in [3.05, 3.63) is 65.7 Å². The highest BCUT2D eigenvalue weighted by atomic mass is 32.2. The largest absolute Gasteiger partial charge is 0.497 e. The molecule has 0 aliphatic rings. The highest BCUT2D eigenvalue weighted by Gasteiger charge is 2.25. The van der Waals surface area contributed by atoms with Crippen molar-refractivity contribution in [3.63, 3.8) is 0 Å². The number of carbonyl (C=O) groups excluding carboxylic acids is 2. The molecule has 2 aromatic rings. The average molecular weight is 429 g/mol. The molecule has 0 fully saturated rings. The van der Waals surface area contributed by atoms with E-state index in [4.69, 9.17) is 4.74 Å². The highest BCUT2D eigenvalue weighted by molar-refractivity contribution is 7.99. The van der Waals surface area contributed by atoms with Crippen LogP contribution in [0.2, 0.25) is 0 Å². The summed E-state index contributed by atoms with van der Waals surface area (Å²) in [6, 6.07) is 17.1. The molecule has 1 N–H and O–H groups in total. The smallest absolute Gasteiger partial charge is 0.242 e. The summed E-state index contributed by atoms with van der Waals surface area (Å²) in [7, 11) is 1.64. The molecular formula is C24H32N2O3S. The van der Waals surface area contributed by atoms with Crippen LogP contribution in [0.15, 0.2) is 54.6 Å². The van der Waals surface area contributed by atoms with Gasteiger partial charge in [-0.3, -0.25) is 9.59 Å². The molecule has 2 aromatic carbocycles. The van der Waals surface area contributed by atoms with Gasteiger partial charge in [-0.05, 0) is 36.6 Å². The second kappa shape index (κ2) is 13.0. The van der Waals surface area contributed by atoms with Crippen LogP contribution >= 0.6 is 11.8 Å². The van der Waals surface area contributed by atoms with E-state index in [1.165, 1.54) is 0 Å². The molecule has 0 bridgehead atoms. The van der Waals surface area contributed by atoms with E-state index in [2.05, 4.69) is 12.2 Å². The summed E-state index contributed by atoms with van der Waals surface area (Å²) in [5, 5.41) is 2.95. The normalized spacial score (nSPS) is 11.6. The fourth-order valence-corrected chi connectivity index (χ4v) is 3.83. The Hall–Kier alpha value is -2.47. The molecule has 0 aliphatic carbocycles. The predicted octanol–water partition coefficient (Wildman–Crippen LogP) is 4.26. The summed E-state index contributed by atoms with van der Waals surface area (Å²) >= 11 is 1.55. The van der Waals surface area contributed by atoms with Crippen LogP contribution in [-0.2, 0) is 21.9 Å². The van der Waals surface area contributed by atoms with Crippen molar-refractivity contribution in [2.24, 2.45) is 0 Å². The Balaban J connectivity index is 1.98. The molecule has 30 heavy (non-hydrogen) atoms. The predicted molar refractivity (Wildman–Crippen MR) is 124 cm³/mol. The van der Waals surface area contributed by atoms with Gasteiger partial charge in [0.1, 0.15) is 11.8 Å². The second-order valence-electron chi connectivity index (χ2n) is 7.17. The summed E-state index contributed by atoms with van der Waals surface area (Å²) in [5.41, 5.74) is 2.15. The van der Waals surface area contributed by atoms with Gasteiger partial charge in [-0.2, -0.15) is 0 Å². The van der Waals surface area contributed by atoms with Gasteiger partial charge in [-0.15, -0.1) is 11.8 Å². The van der Waals surface area contributed by atoms with E-state index in [9.17, 15) is 9.59 Å². The first-order valence-corrected chi connectivity index (χ1v) is 11.5. The Labute approximate surface area is 184 Å². The molecule has 0 aromatic heterocycles. The summed E-state index contributed by atoms with van der Waals surface area (Å²) in [5.74, 6) is 1.73. The van der Waals surface area contributed by atoms with Crippen molar-refractivity contribution in [1.82, 2.24) is 10.2 Å². The Kier molecular flexibility index (Phi) is 10.3. The minimum atomic E-state index is -0.517. The number of hydrogen-bond donors (Lipinski definition) is 1. The monoisotopic (exact) mass is 428 g/mol. The van der Waals surface area contributed by atoms with E-state index in [0.717, 1.165) is 35.5 Å². The number of ether oxygens (including phenoxy) is 1. The summed E-state index contributed by atoms with van der Waals surface area (Å²) in [6.45, 7) is 4.95. The molecule has 6 heteroatoms. The SMILES string of the molecule is CCCCNC(=O)C(C)N(Cc1ccccc1)C(=O)CSCc1ccc(OC)cc1. The number of rotatable bonds is 12. The number of amides is 2. The Morgan fingerprint density at radius 1 is 1.07 bits per heavy atom. The lowest BCUT2D eigenvalue weighted by Gasteiger charge is -2.28. The van der Waals surface area contributed by atoms with Crippen LogP contribution in [0.1, 0.15) is 37.8 Å². The Bertz CT molecular complexity index is 781. The first-order valence-electron chi connectivity index (χ1n) is 10.4. The maximum absolute atomic E-state index is 13.0. The molecule has 0 heterocycles. The molecule has 2 amide bonds. The zero-order valence-corrected chi connectivity index (χ0v) is 18.9. The van der Waals surface area contributed by atoms with Crippen molar-refractivity contribution < 1.29 is 14.3 Å². The van der Waals surface area contributed by atoms with Crippen molar-refractivity contribution in [1.29, 1.82) is 0 Å². The number of benzene rings is 2. The summed E-state index contributed by atoms with van der Waals surface area (Å²) in [4.78, 5) is 27.3. The quantitative estimate of drug-likeness (QED) is 0.513. The third-order valence-corrected chi connectivity index (χ3v) is 5.83. The van der Waals surface area contributed by atoms with Gasteiger partial charge in [0.15, 0.2) is 0 Å². The number of unbranched alkanes of at least 4 members (excludes halogenated alkanes) is 1. The number of carbonyl (C=O) groups is 2. The highest BCUT2D eigenvalue weighted by Crippen LogP contribution is 2.18. The number of hydrogen-bond acceptors (Lipinski definition) is 4. The van der Waals surface area contributed by atoms with Crippen LogP contribution in [0.3, 0.4) is 0 Å². The third-order valence-electron chi connectivity index (χ3n) is 4.85. The second-order valence-corrected chi connectivity index (χ2v) is 8.15.